The zero-order chi connectivity index (χ0) is 20.4. The second-order valence-electron chi connectivity index (χ2n) is 7.62. The van der Waals surface area contributed by atoms with Crippen molar-refractivity contribution in [1.82, 2.24) is 20.2 Å². The van der Waals surface area contributed by atoms with E-state index in [1.165, 1.54) is 0 Å². The number of nitrogens with zero attached hydrogens (tertiary/aromatic N) is 2. The summed E-state index contributed by atoms with van der Waals surface area (Å²) in [4.78, 5) is 29.7. The van der Waals surface area contributed by atoms with Crippen LogP contribution in [0, 0.1) is 6.92 Å². The SMILES string of the molecule is Cc1cc(C2CCCNC2)oc(=O)c1C(=O)NCCc1nc2ccccc2n1C. The predicted octanol–water partition coefficient (Wildman–Crippen LogP) is 2.27. The zero-order valence-corrected chi connectivity index (χ0v) is 16.8. The van der Waals surface area contributed by atoms with Gasteiger partial charge < -0.3 is 19.6 Å². The summed E-state index contributed by atoms with van der Waals surface area (Å²) in [6.45, 7) is 3.97. The number of para-hydroxylation sites is 2. The van der Waals surface area contributed by atoms with E-state index >= 15 is 0 Å². The van der Waals surface area contributed by atoms with Crippen molar-refractivity contribution in [3.63, 3.8) is 0 Å². The Bertz CT molecular complexity index is 1090. The van der Waals surface area contributed by atoms with E-state index in [1.54, 1.807) is 6.92 Å². The average Bonchev–Trinajstić information content (AvgIpc) is 3.04. The molecule has 1 aromatic carbocycles. The van der Waals surface area contributed by atoms with Crippen LogP contribution >= 0.6 is 0 Å². The lowest BCUT2D eigenvalue weighted by Gasteiger charge is -2.22. The standard InChI is InChI=1S/C22H26N4O3/c1-14-12-18(15-6-5-10-23-13-15)29-22(28)20(14)21(27)24-11-9-19-25-16-7-3-4-8-17(16)26(19)2/h3-4,7-8,12,15,23H,5-6,9-11,13H2,1-2H3,(H,24,27). The second kappa shape index (κ2) is 8.21. The molecule has 0 saturated carbocycles. The molecule has 1 amide bonds. The molecule has 1 unspecified atom stereocenters. The number of aromatic nitrogens is 2. The van der Waals surface area contributed by atoms with Gasteiger partial charge in [-0.05, 0) is 50.1 Å². The lowest BCUT2D eigenvalue weighted by atomic mass is 9.95. The van der Waals surface area contributed by atoms with Gasteiger partial charge in [0.1, 0.15) is 17.1 Å². The average molecular weight is 394 g/mol. The van der Waals surface area contributed by atoms with Crippen LogP contribution in [0.3, 0.4) is 0 Å². The molecular formula is C22H26N4O3. The Morgan fingerprint density at radius 2 is 2.21 bits per heavy atom. The molecule has 0 radical (unpaired) electrons. The molecule has 3 heterocycles. The number of fused-ring (bicyclic) bond motifs is 1. The van der Waals surface area contributed by atoms with E-state index in [-0.39, 0.29) is 11.5 Å². The number of piperidine rings is 1. The minimum absolute atomic E-state index is 0.0857. The van der Waals surface area contributed by atoms with Crippen molar-refractivity contribution >= 4 is 16.9 Å². The van der Waals surface area contributed by atoms with Crippen molar-refractivity contribution < 1.29 is 9.21 Å². The minimum atomic E-state index is -0.564. The number of hydrogen-bond acceptors (Lipinski definition) is 5. The van der Waals surface area contributed by atoms with Crippen molar-refractivity contribution in [3.05, 3.63) is 63.5 Å². The summed E-state index contributed by atoms with van der Waals surface area (Å²) in [5.41, 5.74) is 2.16. The maximum absolute atomic E-state index is 12.6. The Kier molecular flexibility index (Phi) is 5.49. The first-order valence-corrected chi connectivity index (χ1v) is 10.1. The van der Waals surface area contributed by atoms with Crippen molar-refractivity contribution in [2.24, 2.45) is 7.05 Å². The quantitative estimate of drug-likeness (QED) is 0.693. The van der Waals surface area contributed by atoms with Gasteiger partial charge in [-0.25, -0.2) is 9.78 Å². The van der Waals surface area contributed by atoms with E-state index in [1.807, 2.05) is 41.9 Å². The summed E-state index contributed by atoms with van der Waals surface area (Å²) in [6, 6.07) is 9.75. The van der Waals surface area contributed by atoms with Gasteiger partial charge in [-0.1, -0.05) is 12.1 Å². The highest BCUT2D eigenvalue weighted by Gasteiger charge is 2.22. The van der Waals surface area contributed by atoms with E-state index in [4.69, 9.17) is 4.42 Å². The second-order valence-corrected chi connectivity index (χ2v) is 7.62. The summed E-state index contributed by atoms with van der Waals surface area (Å²) >= 11 is 0. The van der Waals surface area contributed by atoms with Gasteiger partial charge in [0.05, 0.1) is 11.0 Å². The van der Waals surface area contributed by atoms with Crippen LogP contribution in [0.1, 0.15) is 46.3 Å². The van der Waals surface area contributed by atoms with Crippen LogP contribution in [0.4, 0.5) is 0 Å². The first-order chi connectivity index (χ1) is 14.0. The number of benzene rings is 1. The number of nitrogens with one attached hydrogen (secondary N) is 2. The third kappa shape index (κ3) is 3.96. The summed E-state index contributed by atoms with van der Waals surface area (Å²) in [6.07, 6.45) is 2.62. The molecular weight excluding hydrogens is 368 g/mol. The first-order valence-electron chi connectivity index (χ1n) is 10.1. The van der Waals surface area contributed by atoms with Gasteiger partial charge in [-0.3, -0.25) is 4.79 Å². The van der Waals surface area contributed by atoms with Gasteiger partial charge in [-0.2, -0.15) is 0 Å². The van der Waals surface area contributed by atoms with E-state index in [9.17, 15) is 9.59 Å². The molecule has 1 aliphatic rings. The van der Waals surface area contributed by atoms with Crippen LogP contribution in [-0.2, 0) is 13.5 Å². The van der Waals surface area contributed by atoms with Crippen molar-refractivity contribution in [1.29, 1.82) is 0 Å². The molecule has 2 aromatic heterocycles. The molecule has 0 bridgehead atoms. The molecule has 3 aromatic rings. The molecule has 29 heavy (non-hydrogen) atoms. The molecule has 1 aliphatic heterocycles. The van der Waals surface area contributed by atoms with Crippen LogP contribution in [0.25, 0.3) is 11.0 Å². The fourth-order valence-electron chi connectivity index (χ4n) is 4.00. The number of amides is 1. The summed E-state index contributed by atoms with van der Waals surface area (Å²) in [7, 11) is 1.96. The van der Waals surface area contributed by atoms with Gasteiger partial charge in [0, 0.05) is 32.5 Å². The molecule has 2 N–H and O–H groups in total. The highest BCUT2D eigenvalue weighted by Crippen LogP contribution is 2.23. The fraction of sp³-hybridized carbons (Fsp3) is 0.409. The van der Waals surface area contributed by atoms with E-state index in [2.05, 4.69) is 15.6 Å². The van der Waals surface area contributed by atoms with Gasteiger partial charge in [0.15, 0.2) is 0 Å². The number of aryl methyl sites for hydroxylation is 2. The molecule has 0 aliphatic carbocycles. The third-order valence-corrected chi connectivity index (χ3v) is 5.61. The molecule has 1 saturated heterocycles. The third-order valence-electron chi connectivity index (χ3n) is 5.61. The molecule has 4 rings (SSSR count). The van der Waals surface area contributed by atoms with Crippen molar-refractivity contribution in [2.45, 2.75) is 32.1 Å². The maximum atomic E-state index is 12.6. The molecule has 152 valence electrons. The summed E-state index contributed by atoms with van der Waals surface area (Å²) < 4.78 is 7.52. The van der Waals surface area contributed by atoms with Crippen LogP contribution in [0.15, 0.2) is 39.5 Å². The van der Waals surface area contributed by atoms with Crippen LogP contribution in [-0.4, -0.2) is 35.1 Å². The topological polar surface area (TPSA) is 89.2 Å². The molecule has 7 heteroatoms. The van der Waals surface area contributed by atoms with E-state index < -0.39 is 11.5 Å². The zero-order valence-electron chi connectivity index (χ0n) is 16.8. The Hall–Kier alpha value is -2.93. The minimum Gasteiger partial charge on any atom is -0.427 e. The number of hydrogen-bond donors (Lipinski definition) is 2. The Morgan fingerprint density at radius 1 is 1.38 bits per heavy atom. The van der Waals surface area contributed by atoms with Crippen LogP contribution < -0.4 is 16.3 Å². The van der Waals surface area contributed by atoms with E-state index in [0.717, 1.165) is 42.8 Å². The number of imidazole rings is 1. The maximum Gasteiger partial charge on any atom is 0.349 e. The Balaban J connectivity index is 1.44. The highest BCUT2D eigenvalue weighted by molar-refractivity contribution is 5.95. The van der Waals surface area contributed by atoms with Crippen molar-refractivity contribution in [3.8, 4) is 0 Å². The lowest BCUT2D eigenvalue weighted by molar-refractivity contribution is 0.0948. The highest BCUT2D eigenvalue weighted by atomic mass is 16.4. The fourth-order valence-corrected chi connectivity index (χ4v) is 4.00. The van der Waals surface area contributed by atoms with Crippen LogP contribution in [0.2, 0.25) is 0 Å². The number of rotatable bonds is 5. The molecule has 1 fully saturated rings. The molecule has 0 spiro atoms. The Labute approximate surface area is 169 Å². The van der Waals surface area contributed by atoms with Crippen LogP contribution in [0.5, 0.6) is 0 Å². The largest absolute Gasteiger partial charge is 0.427 e. The predicted molar refractivity (Wildman–Crippen MR) is 111 cm³/mol. The summed E-state index contributed by atoms with van der Waals surface area (Å²) in [5, 5.41) is 6.15. The number of carbonyl (C=O) groups excluding carboxylic acids is 1. The van der Waals surface area contributed by atoms with Crippen molar-refractivity contribution in [2.75, 3.05) is 19.6 Å². The lowest BCUT2D eigenvalue weighted by Crippen LogP contribution is -2.32. The monoisotopic (exact) mass is 394 g/mol. The smallest absolute Gasteiger partial charge is 0.349 e. The van der Waals surface area contributed by atoms with Gasteiger partial charge >= 0.3 is 5.63 Å². The molecule has 1 atom stereocenters. The molecule has 7 nitrogen and oxygen atoms in total. The first kappa shape index (κ1) is 19.4. The number of carbonyl (C=O) groups is 1. The van der Waals surface area contributed by atoms with E-state index in [0.29, 0.717) is 24.3 Å². The van der Waals surface area contributed by atoms with Gasteiger partial charge in [0.25, 0.3) is 5.91 Å². The Morgan fingerprint density at radius 3 is 2.93 bits per heavy atom. The van der Waals surface area contributed by atoms with Gasteiger partial charge in [0.2, 0.25) is 0 Å². The summed E-state index contributed by atoms with van der Waals surface area (Å²) in [5.74, 6) is 1.33. The van der Waals surface area contributed by atoms with Gasteiger partial charge in [-0.15, -0.1) is 0 Å². The normalized spacial score (nSPS) is 16.8.